The fraction of sp³-hybridized carbons (Fsp3) is 0.300. The minimum atomic E-state index is -0.0974. The number of carbonyl (C=O) groups is 1. The Labute approximate surface area is 77.4 Å². The maximum absolute atomic E-state index is 11.2. The Morgan fingerprint density at radius 3 is 2.92 bits per heavy atom. The molecule has 0 fully saturated rings. The maximum atomic E-state index is 11.2. The van der Waals surface area contributed by atoms with Crippen molar-refractivity contribution in [2.24, 2.45) is 0 Å². The molecule has 0 spiro atoms. The summed E-state index contributed by atoms with van der Waals surface area (Å²) in [6.07, 6.45) is 0.588. The molecule has 0 bridgehead atoms. The summed E-state index contributed by atoms with van der Waals surface area (Å²) in [7, 11) is 1.60. The average molecular weight is 179 g/mol. The van der Waals surface area contributed by atoms with Gasteiger partial charge in [-0.25, -0.2) is 0 Å². The van der Waals surface area contributed by atoms with E-state index in [1.54, 1.807) is 19.2 Å². The van der Waals surface area contributed by atoms with Crippen molar-refractivity contribution in [1.82, 2.24) is 5.32 Å². The minimum absolute atomic E-state index is 0.0974. The first kappa shape index (κ1) is 9.74. The Bertz CT molecular complexity index is 297. The Morgan fingerprint density at radius 2 is 2.31 bits per heavy atom. The molecule has 70 valence electrons. The van der Waals surface area contributed by atoms with E-state index < -0.39 is 0 Å². The van der Waals surface area contributed by atoms with Crippen LogP contribution in [0.5, 0.6) is 0 Å². The molecule has 0 saturated heterocycles. The topological polar surface area (TPSA) is 49.3 Å². The van der Waals surface area contributed by atoms with Gasteiger partial charge in [0.25, 0.3) is 5.91 Å². The Morgan fingerprint density at radius 1 is 1.54 bits per heavy atom. The molecule has 3 nitrogen and oxygen atoms in total. The number of carbonyl (C=O) groups excluding carboxylic acids is 1. The lowest BCUT2D eigenvalue weighted by Crippen LogP contribution is -2.17. The number of rotatable bonds is 3. The van der Waals surface area contributed by atoms with Gasteiger partial charge in [-0.3, -0.25) is 4.79 Å². The highest BCUT2D eigenvalue weighted by Gasteiger charge is 2.02. The average Bonchev–Trinajstić information content (AvgIpc) is 2.18. The van der Waals surface area contributed by atoms with E-state index in [-0.39, 0.29) is 12.5 Å². The van der Waals surface area contributed by atoms with E-state index in [9.17, 15) is 4.79 Å². The molecule has 0 unspecified atom stereocenters. The van der Waals surface area contributed by atoms with Crippen LogP contribution in [-0.4, -0.2) is 24.7 Å². The van der Waals surface area contributed by atoms with Gasteiger partial charge in [0.1, 0.15) is 0 Å². The molecule has 3 heteroatoms. The van der Waals surface area contributed by atoms with Crippen molar-refractivity contribution in [2.45, 2.75) is 6.42 Å². The number of nitrogens with one attached hydrogen (secondary N) is 1. The summed E-state index contributed by atoms with van der Waals surface area (Å²) < 4.78 is 0. The van der Waals surface area contributed by atoms with Crippen molar-refractivity contribution < 1.29 is 9.90 Å². The molecule has 0 aromatic heterocycles. The van der Waals surface area contributed by atoms with Crippen molar-refractivity contribution in [3.05, 3.63) is 35.4 Å². The van der Waals surface area contributed by atoms with Gasteiger partial charge >= 0.3 is 0 Å². The van der Waals surface area contributed by atoms with Crippen LogP contribution < -0.4 is 5.32 Å². The van der Waals surface area contributed by atoms with Crippen LogP contribution in [0, 0.1) is 0 Å². The maximum Gasteiger partial charge on any atom is 0.251 e. The second-order valence-corrected chi connectivity index (χ2v) is 2.75. The molecule has 13 heavy (non-hydrogen) atoms. The van der Waals surface area contributed by atoms with Gasteiger partial charge < -0.3 is 10.4 Å². The largest absolute Gasteiger partial charge is 0.396 e. The van der Waals surface area contributed by atoms with Gasteiger partial charge in [-0.15, -0.1) is 0 Å². The first-order valence-electron chi connectivity index (χ1n) is 4.20. The van der Waals surface area contributed by atoms with Crippen molar-refractivity contribution in [1.29, 1.82) is 0 Å². The molecule has 2 N–H and O–H groups in total. The standard InChI is InChI=1S/C10H13NO2/c1-11-10(13)9-4-2-3-8(7-9)5-6-12/h2-4,7,12H,5-6H2,1H3,(H,11,13). The van der Waals surface area contributed by atoms with Crippen LogP contribution in [0.2, 0.25) is 0 Å². The Balaban J connectivity index is 2.85. The summed E-state index contributed by atoms with van der Waals surface area (Å²) in [6.45, 7) is 0.108. The molecule has 0 aliphatic heterocycles. The lowest BCUT2D eigenvalue weighted by Gasteiger charge is -2.02. The van der Waals surface area contributed by atoms with Gasteiger partial charge in [0.05, 0.1) is 0 Å². The summed E-state index contributed by atoms with van der Waals surface area (Å²) in [6, 6.07) is 7.24. The molecule has 1 amide bonds. The zero-order valence-electron chi connectivity index (χ0n) is 7.58. The van der Waals surface area contributed by atoms with Crippen LogP contribution in [-0.2, 0) is 6.42 Å². The molecule has 0 atom stereocenters. The SMILES string of the molecule is CNC(=O)c1cccc(CCO)c1. The first-order valence-corrected chi connectivity index (χ1v) is 4.20. The quantitative estimate of drug-likeness (QED) is 0.713. The fourth-order valence-electron chi connectivity index (χ4n) is 1.14. The molecule has 1 aromatic rings. The number of aliphatic hydroxyl groups is 1. The third-order valence-corrected chi connectivity index (χ3v) is 1.82. The molecule has 1 aromatic carbocycles. The normalized spacial score (nSPS) is 9.69. The van der Waals surface area contributed by atoms with Gasteiger partial charge in [-0.05, 0) is 24.1 Å². The fourth-order valence-corrected chi connectivity index (χ4v) is 1.14. The number of amides is 1. The van der Waals surface area contributed by atoms with Crippen molar-refractivity contribution >= 4 is 5.91 Å². The van der Waals surface area contributed by atoms with Crippen LogP contribution in [0.25, 0.3) is 0 Å². The molecule has 1 rings (SSSR count). The van der Waals surface area contributed by atoms with Crippen LogP contribution in [0.4, 0.5) is 0 Å². The molecule has 0 saturated carbocycles. The minimum Gasteiger partial charge on any atom is -0.396 e. The lowest BCUT2D eigenvalue weighted by atomic mass is 10.1. The van der Waals surface area contributed by atoms with Gasteiger partial charge in [0.2, 0.25) is 0 Å². The third-order valence-electron chi connectivity index (χ3n) is 1.82. The Kier molecular flexibility index (Phi) is 3.46. The Hall–Kier alpha value is -1.35. The van der Waals surface area contributed by atoms with Gasteiger partial charge in [-0.1, -0.05) is 12.1 Å². The molecule has 0 radical (unpaired) electrons. The predicted octanol–water partition coefficient (Wildman–Crippen LogP) is 0.581. The molecule has 0 aliphatic carbocycles. The van der Waals surface area contributed by atoms with Crippen molar-refractivity contribution in [2.75, 3.05) is 13.7 Å². The molecule has 0 aliphatic rings. The van der Waals surface area contributed by atoms with E-state index in [0.717, 1.165) is 5.56 Å². The summed E-state index contributed by atoms with van der Waals surface area (Å²) in [5.74, 6) is -0.0974. The smallest absolute Gasteiger partial charge is 0.251 e. The van der Waals surface area contributed by atoms with Crippen molar-refractivity contribution in [3.8, 4) is 0 Å². The number of benzene rings is 1. The van der Waals surface area contributed by atoms with E-state index in [0.29, 0.717) is 12.0 Å². The summed E-state index contributed by atoms with van der Waals surface area (Å²) >= 11 is 0. The van der Waals surface area contributed by atoms with Crippen LogP contribution in [0.1, 0.15) is 15.9 Å². The van der Waals surface area contributed by atoms with E-state index in [1.807, 2.05) is 12.1 Å². The number of hydrogen-bond donors (Lipinski definition) is 2. The molecular weight excluding hydrogens is 166 g/mol. The predicted molar refractivity (Wildman–Crippen MR) is 50.6 cm³/mol. The van der Waals surface area contributed by atoms with Crippen molar-refractivity contribution in [3.63, 3.8) is 0 Å². The van der Waals surface area contributed by atoms with E-state index >= 15 is 0 Å². The lowest BCUT2D eigenvalue weighted by molar-refractivity contribution is 0.0963. The van der Waals surface area contributed by atoms with Crippen LogP contribution in [0.3, 0.4) is 0 Å². The van der Waals surface area contributed by atoms with E-state index in [1.165, 1.54) is 0 Å². The highest BCUT2D eigenvalue weighted by molar-refractivity contribution is 5.94. The molecular formula is C10H13NO2. The summed E-state index contributed by atoms with van der Waals surface area (Å²) in [4.78, 5) is 11.2. The second-order valence-electron chi connectivity index (χ2n) is 2.75. The summed E-state index contributed by atoms with van der Waals surface area (Å²) in [5, 5.41) is 11.3. The van der Waals surface area contributed by atoms with E-state index in [4.69, 9.17) is 5.11 Å². The van der Waals surface area contributed by atoms with Gasteiger partial charge in [-0.2, -0.15) is 0 Å². The highest BCUT2D eigenvalue weighted by Crippen LogP contribution is 2.05. The van der Waals surface area contributed by atoms with Gasteiger partial charge in [0, 0.05) is 19.2 Å². The first-order chi connectivity index (χ1) is 6.27. The summed E-state index contributed by atoms with van der Waals surface area (Å²) in [5.41, 5.74) is 1.61. The van der Waals surface area contributed by atoms with Crippen LogP contribution in [0.15, 0.2) is 24.3 Å². The van der Waals surface area contributed by atoms with E-state index in [2.05, 4.69) is 5.32 Å². The molecule has 0 heterocycles. The number of aliphatic hydroxyl groups excluding tert-OH is 1. The monoisotopic (exact) mass is 179 g/mol. The second kappa shape index (κ2) is 4.62. The van der Waals surface area contributed by atoms with Gasteiger partial charge in [0.15, 0.2) is 0 Å². The zero-order chi connectivity index (χ0) is 9.68. The number of hydrogen-bond acceptors (Lipinski definition) is 2. The zero-order valence-corrected chi connectivity index (χ0v) is 7.58. The highest BCUT2D eigenvalue weighted by atomic mass is 16.2. The van der Waals surface area contributed by atoms with Crippen LogP contribution >= 0.6 is 0 Å². The third kappa shape index (κ3) is 2.56.